The molecular formula is C23H24N4O3S. The number of hydrogen-bond acceptors (Lipinski definition) is 5. The van der Waals surface area contributed by atoms with Crippen LogP contribution >= 0.6 is 12.2 Å². The molecular weight excluding hydrogens is 412 g/mol. The molecule has 1 aliphatic rings. The maximum atomic E-state index is 12.4. The van der Waals surface area contributed by atoms with Crippen LogP contribution in [0.25, 0.3) is 5.69 Å². The molecule has 160 valence electrons. The summed E-state index contributed by atoms with van der Waals surface area (Å²) in [5, 5.41) is 4.07. The first kappa shape index (κ1) is 21.0. The molecule has 1 fully saturated rings. The molecule has 0 bridgehead atoms. The van der Waals surface area contributed by atoms with E-state index in [-0.39, 0.29) is 18.1 Å². The number of carbonyl (C=O) groups is 1. The van der Waals surface area contributed by atoms with Crippen LogP contribution < -0.4 is 5.32 Å². The van der Waals surface area contributed by atoms with Gasteiger partial charge in [-0.05, 0) is 48.6 Å². The zero-order chi connectivity index (χ0) is 21.8. The molecule has 1 saturated heterocycles. The van der Waals surface area contributed by atoms with E-state index in [1.165, 1.54) is 7.11 Å². The third kappa shape index (κ3) is 4.04. The van der Waals surface area contributed by atoms with Crippen molar-refractivity contribution in [2.75, 3.05) is 27.4 Å². The SMILES string of the molecule is COCCN1C(=S)N[C@@H](c2ccccn2)[C@@H]1c1cccn1-c1ccccc1C(=O)OC. The number of nitrogens with one attached hydrogen (secondary N) is 1. The summed E-state index contributed by atoms with van der Waals surface area (Å²) in [6, 6.07) is 17.0. The Bertz CT molecular complexity index is 1070. The van der Waals surface area contributed by atoms with Crippen molar-refractivity contribution in [3.05, 3.63) is 83.9 Å². The van der Waals surface area contributed by atoms with E-state index >= 15 is 0 Å². The van der Waals surface area contributed by atoms with E-state index in [0.717, 1.165) is 17.1 Å². The maximum absolute atomic E-state index is 12.4. The minimum Gasteiger partial charge on any atom is -0.465 e. The first-order valence-corrected chi connectivity index (χ1v) is 10.4. The lowest BCUT2D eigenvalue weighted by molar-refractivity contribution is 0.0600. The van der Waals surface area contributed by atoms with Gasteiger partial charge in [0.15, 0.2) is 5.11 Å². The summed E-state index contributed by atoms with van der Waals surface area (Å²) in [5.41, 5.74) is 3.12. The lowest BCUT2D eigenvalue weighted by Crippen LogP contribution is -2.33. The molecule has 31 heavy (non-hydrogen) atoms. The molecule has 1 aromatic carbocycles. The molecule has 3 heterocycles. The van der Waals surface area contributed by atoms with Crippen LogP contribution in [0.5, 0.6) is 0 Å². The highest BCUT2D eigenvalue weighted by Gasteiger charge is 2.41. The fourth-order valence-electron chi connectivity index (χ4n) is 3.98. The number of methoxy groups -OCH3 is 2. The van der Waals surface area contributed by atoms with Gasteiger partial charge in [-0.2, -0.15) is 0 Å². The largest absolute Gasteiger partial charge is 0.465 e. The van der Waals surface area contributed by atoms with Crippen LogP contribution in [0.3, 0.4) is 0 Å². The Morgan fingerprint density at radius 3 is 2.68 bits per heavy atom. The molecule has 0 saturated carbocycles. The zero-order valence-electron chi connectivity index (χ0n) is 17.4. The molecule has 2 atom stereocenters. The number of nitrogens with zero attached hydrogens (tertiary/aromatic N) is 3. The molecule has 8 heteroatoms. The molecule has 0 amide bonds. The Labute approximate surface area is 186 Å². The number of carbonyl (C=O) groups excluding carboxylic acids is 1. The number of aromatic nitrogens is 2. The molecule has 2 aromatic heterocycles. The normalized spacial score (nSPS) is 18.1. The van der Waals surface area contributed by atoms with Crippen molar-refractivity contribution < 1.29 is 14.3 Å². The third-order valence-corrected chi connectivity index (χ3v) is 5.74. The molecule has 1 N–H and O–H groups in total. The molecule has 7 nitrogen and oxygen atoms in total. The first-order chi connectivity index (χ1) is 15.2. The molecule has 0 spiro atoms. The standard InChI is InChI=1S/C23H24N4O3S/c1-29-15-14-27-21(20(25-23(27)31)17-9-5-6-12-24-17)19-11-7-13-26(19)18-10-4-3-8-16(18)22(28)30-2/h3-13,20-21H,14-15H2,1-2H3,(H,25,31)/t20-,21-/m0/s1. The van der Waals surface area contributed by atoms with Crippen LogP contribution in [-0.2, 0) is 9.47 Å². The van der Waals surface area contributed by atoms with Crippen molar-refractivity contribution in [2.24, 2.45) is 0 Å². The lowest BCUT2D eigenvalue weighted by Gasteiger charge is -2.29. The summed E-state index contributed by atoms with van der Waals surface area (Å²) >= 11 is 5.68. The lowest BCUT2D eigenvalue weighted by atomic mass is 10.0. The summed E-state index contributed by atoms with van der Waals surface area (Å²) in [6.45, 7) is 1.16. The van der Waals surface area contributed by atoms with Crippen LogP contribution in [0.4, 0.5) is 0 Å². The number of ether oxygens (including phenoxy) is 2. The van der Waals surface area contributed by atoms with Gasteiger partial charge in [0.2, 0.25) is 0 Å². The molecule has 1 aliphatic heterocycles. The summed E-state index contributed by atoms with van der Waals surface area (Å²) in [7, 11) is 3.06. The minimum absolute atomic E-state index is 0.141. The van der Waals surface area contributed by atoms with E-state index in [2.05, 4.69) is 15.2 Å². The van der Waals surface area contributed by atoms with E-state index in [4.69, 9.17) is 21.7 Å². The second-order valence-electron chi connectivity index (χ2n) is 7.12. The van der Waals surface area contributed by atoms with Gasteiger partial charge >= 0.3 is 5.97 Å². The van der Waals surface area contributed by atoms with Gasteiger partial charge in [0.1, 0.15) is 0 Å². The number of thiocarbonyl (C=S) groups is 1. The fourth-order valence-corrected chi connectivity index (χ4v) is 4.31. The fraction of sp³-hybridized carbons (Fsp3) is 0.261. The molecule has 0 unspecified atom stereocenters. The number of hydrogen-bond donors (Lipinski definition) is 1. The molecule has 3 aromatic rings. The van der Waals surface area contributed by atoms with Gasteiger partial charge in [0.25, 0.3) is 0 Å². The Morgan fingerprint density at radius 1 is 1.13 bits per heavy atom. The predicted octanol–water partition coefficient (Wildman–Crippen LogP) is 3.28. The Morgan fingerprint density at radius 2 is 1.94 bits per heavy atom. The smallest absolute Gasteiger partial charge is 0.339 e. The van der Waals surface area contributed by atoms with Crippen molar-refractivity contribution in [3.63, 3.8) is 0 Å². The second kappa shape index (κ2) is 9.28. The second-order valence-corrected chi connectivity index (χ2v) is 7.51. The van der Waals surface area contributed by atoms with Crippen LogP contribution in [0.15, 0.2) is 67.0 Å². The highest BCUT2D eigenvalue weighted by Crippen LogP contribution is 2.39. The van der Waals surface area contributed by atoms with E-state index in [9.17, 15) is 4.79 Å². The third-order valence-electron chi connectivity index (χ3n) is 5.39. The van der Waals surface area contributed by atoms with Crippen LogP contribution in [0.1, 0.15) is 33.8 Å². The molecule has 0 aliphatic carbocycles. The van der Waals surface area contributed by atoms with Crippen LogP contribution in [0, 0.1) is 0 Å². The summed E-state index contributed by atoms with van der Waals surface area (Å²) in [5.74, 6) is -0.382. The number of benzene rings is 1. The minimum atomic E-state index is -0.382. The van der Waals surface area contributed by atoms with Gasteiger partial charge < -0.3 is 24.3 Å². The van der Waals surface area contributed by atoms with Crippen LogP contribution in [0.2, 0.25) is 0 Å². The molecule has 4 rings (SSSR count). The van der Waals surface area contributed by atoms with E-state index in [1.54, 1.807) is 19.4 Å². The van der Waals surface area contributed by atoms with Crippen molar-refractivity contribution in [1.82, 2.24) is 19.8 Å². The average Bonchev–Trinajstić information content (AvgIpc) is 3.41. The monoisotopic (exact) mass is 436 g/mol. The summed E-state index contributed by atoms with van der Waals surface area (Å²) in [4.78, 5) is 19.1. The predicted molar refractivity (Wildman–Crippen MR) is 121 cm³/mol. The van der Waals surface area contributed by atoms with Gasteiger partial charge in [0.05, 0.1) is 42.7 Å². The van der Waals surface area contributed by atoms with Gasteiger partial charge in [-0.15, -0.1) is 0 Å². The van der Waals surface area contributed by atoms with E-state index in [1.807, 2.05) is 59.3 Å². The highest BCUT2D eigenvalue weighted by molar-refractivity contribution is 7.80. The van der Waals surface area contributed by atoms with Crippen molar-refractivity contribution in [3.8, 4) is 5.69 Å². The van der Waals surface area contributed by atoms with Gasteiger partial charge in [0, 0.05) is 31.7 Å². The van der Waals surface area contributed by atoms with E-state index < -0.39 is 0 Å². The zero-order valence-corrected chi connectivity index (χ0v) is 18.2. The van der Waals surface area contributed by atoms with Crippen molar-refractivity contribution >= 4 is 23.3 Å². The van der Waals surface area contributed by atoms with Crippen molar-refractivity contribution in [1.29, 1.82) is 0 Å². The maximum Gasteiger partial charge on any atom is 0.339 e. The van der Waals surface area contributed by atoms with Gasteiger partial charge in [-0.25, -0.2) is 4.79 Å². The van der Waals surface area contributed by atoms with Crippen LogP contribution in [-0.4, -0.2) is 52.9 Å². The quantitative estimate of drug-likeness (QED) is 0.450. The number of rotatable bonds is 7. The van der Waals surface area contributed by atoms with E-state index in [0.29, 0.717) is 23.8 Å². The van der Waals surface area contributed by atoms with Gasteiger partial charge in [-0.1, -0.05) is 18.2 Å². The number of pyridine rings is 1. The first-order valence-electron chi connectivity index (χ1n) is 9.97. The molecule has 0 radical (unpaired) electrons. The van der Waals surface area contributed by atoms with Crippen molar-refractivity contribution in [2.45, 2.75) is 12.1 Å². The summed E-state index contributed by atoms with van der Waals surface area (Å²) < 4.78 is 12.3. The Balaban J connectivity index is 1.83. The highest BCUT2D eigenvalue weighted by atomic mass is 32.1. The Kier molecular flexibility index (Phi) is 6.29. The number of esters is 1. The average molecular weight is 437 g/mol. The Hall–Kier alpha value is -3.23. The number of para-hydroxylation sites is 1. The van der Waals surface area contributed by atoms with Gasteiger partial charge in [-0.3, -0.25) is 4.98 Å². The topological polar surface area (TPSA) is 68.6 Å². The summed E-state index contributed by atoms with van der Waals surface area (Å²) in [6.07, 6.45) is 3.73.